The molecule has 0 radical (unpaired) electrons. The highest BCUT2D eigenvalue weighted by molar-refractivity contribution is 6.28. The molecule has 5 aromatic carbocycles. The molecule has 0 amide bonds. The number of aryl methyl sites for hydroxylation is 2. The molecule has 0 aliphatic heterocycles. The number of hydrogen-bond donors (Lipinski definition) is 0. The van der Waals surface area contributed by atoms with E-state index in [0.29, 0.717) is 0 Å². The summed E-state index contributed by atoms with van der Waals surface area (Å²) >= 11 is 0. The van der Waals surface area contributed by atoms with Gasteiger partial charge in [-0.15, -0.1) is 0 Å². The maximum Gasteiger partial charge on any atom is 0.137 e. The highest BCUT2D eigenvalue weighted by Crippen LogP contribution is 2.46. The van der Waals surface area contributed by atoms with Crippen molar-refractivity contribution in [2.24, 2.45) is 0 Å². The number of pyridine rings is 2. The molecule has 2 aromatic heterocycles. The topological polar surface area (TPSA) is 32.3 Å². The molecule has 0 saturated heterocycles. The van der Waals surface area contributed by atoms with Crippen molar-refractivity contribution in [2.75, 3.05) is 9.80 Å². The molecule has 0 bridgehead atoms. The van der Waals surface area contributed by atoms with Crippen molar-refractivity contribution in [3.8, 4) is 0 Å². The maximum atomic E-state index is 4.90. The number of para-hydroxylation sites is 1. The second-order valence-corrected chi connectivity index (χ2v) is 11.5. The normalized spacial score (nSPS) is 12.1. The third-order valence-corrected chi connectivity index (χ3v) is 8.49. The summed E-state index contributed by atoms with van der Waals surface area (Å²) in [5.41, 5.74) is 6.75. The number of anilines is 5. The molecular weight excluding hydrogens is 548 g/mol. The van der Waals surface area contributed by atoms with Crippen LogP contribution in [0.1, 0.15) is 31.4 Å². The second kappa shape index (κ2) is 11.9. The minimum atomic E-state index is 0.863. The minimum absolute atomic E-state index is 0.863. The minimum Gasteiger partial charge on any atom is -0.298 e. The molecule has 0 unspecified atom stereocenters. The van der Waals surface area contributed by atoms with Gasteiger partial charge in [0.1, 0.15) is 11.6 Å². The van der Waals surface area contributed by atoms with Gasteiger partial charge in [-0.2, -0.15) is 0 Å². The van der Waals surface area contributed by atoms with E-state index in [2.05, 4.69) is 159 Å². The van der Waals surface area contributed by atoms with Crippen LogP contribution in [0.5, 0.6) is 0 Å². The first-order chi connectivity index (χ1) is 22.1. The Morgan fingerprint density at radius 3 is 1.80 bits per heavy atom. The Labute approximate surface area is 264 Å². The fraction of sp³-hybridized carbons (Fsp3) is 0.122. The monoisotopic (exact) mass is 584 g/mol. The number of allylic oxidation sites excluding steroid dienone is 4. The van der Waals surface area contributed by atoms with Crippen molar-refractivity contribution in [3.63, 3.8) is 0 Å². The second-order valence-electron chi connectivity index (χ2n) is 11.5. The first-order valence-corrected chi connectivity index (χ1v) is 15.6. The lowest BCUT2D eigenvalue weighted by Crippen LogP contribution is -2.17. The van der Waals surface area contributed by atoms with E-state index in [4.69, 9.17) is 9.97 Å². The quantitative estimate of drug-likeness (QED) is 0.131. The van der Waals surface area contributed by atoms with E-state index in [1.807, 2.05) is 12.4 Å². The number of nitrogens with zero attached hydrogens (tertiary/aromatic N) is 4. The Morgan fingerprint density at radius 2 is 1.22 bits per heavy atom. The first-order valence-electron chi connectivity index (χ1n) is 15.6. The zero-order chi connectivity index (χ0) is 30.9. The van der Waals surface area contributed by atoms with E-state index in [0.717, 1.165) is 46.2 Å². The van der Waals surface area contributed by atoms with Gasteiger partial charge in [0.2, 0.25) is 0 Å². The summed E-state index contributed by atoms with van der Waals surface area (Å²) in [5.74, 6) is 1.80. The van der Waals surface area contributed by atoms with Crippen LogP contribution < -0.4 is 9.80 Å². The van der Waals surface area contributed by atoms with E-state index in [1.165, 1.54) is 38.0 Å². The van der Waals surface area contributed by atoms with E-state index in [-0.39, 0.29) is 0 Å². The number of benzene rings is 5. The summed E-state index contributed by atoms with van der Waals surface area (Å²) in [4.78, 5) is 14.4. The van der Waals surface area contributed by atoms with Crippen LogP contribution in [0.15, 0.2) is 139 Å². The molecule has 0 aliphatic carbocycles. The molecule has 0 saturated carbocycles. The Hall–Kier alpha value is -5.48. The standard InChI is InChI=1S/C41H36N4/c1-5-7-11-32(6-2)44(38-24-14-28(3)26-42-38)36-22-18-30-17-21-35-37(23-19-31-16-20-34(36)40(30)41(31)35)45(33-12-9-8-10-13-33)39-25-15-29(4)27-43-39/h5,7-27H,6H2,1-4H3/b7-5-,32-11+. The molecule has 7 aromatic rings. The molecule has 0 aliphatic rings. The van der Waals surface area contributed by atoms with Gasteiger partial charge in [0.25, 0.3) is 0 Å². The average molecular weight is 585 g/mol. The van der Waals surface area contributed by atoms with Crippen molar-refractivity contribution in [2.45, 2.75) is 34.1 Å². The predicted molar refractivity (Wildman–Crippen MR) is 192 cm³/mol. The van der Waals surface area contributed by atoms with Gasteiger partial charge >= 0.3 is 0 Å². The average Bonchev–Trinajstić information content (AvgIpc) is 3.08. The van der Waals surface area contributed by atoms with Crippen molar-refractivity contribution in [1.82, 2.24) is 9.97 Å². The molecule has 4 nitrogen and oxygen atoms in total. The third-order valence-electron chi connectivity index (χ3n) is 8.49. The molecule has 7 rings (SSSR count). The fourth-order valence-electron chi connectivity index (χ4n) is 6.30. The van der Waals surface area contributed by atoms with Crippen molar-refractivity contribution in [1.29, 1.82) is 0 Å². The summed E-state index contributed by atoms with van der Waals surface area (Å²) in [6, 6.07) is 37.0. The van der Waals surface area contributed by atoms with Crippen molar-refractivity contribution in [3.05, 3.63) is 151 Å². The lowest BCUT2D eigenvalue weighted by molar-refractivity contribution is 0.993. The van der Waals surface area contributed by atoms with Crippen LogP contribution in [0, 0.1) is 13.8 Å². The van der Waals surface area contributed by atoms with Gasteiger partial charge in [0.05, 0.1) is 11.4 Å². The van der Waals surface area contributed by atoms with Gasteiger partial charge in [-0.3, -0.25) is 9.80 Å². The van der Waals surface area contributed by atoms with Crippen LogP contribution in [0.4, 0.5) is 28.7 Å². The molecule has 0 N–H and O–H groups in total. The number of rotatable bonds is 8. The zero-order valence-corrected chi connectivity index (χ0v) is 26.2. The summed E-state index contributed by atoms with van der Waals surface area (Å²) in [7, 11) is 0. The summed E-state index contributed by atoms with van der Waals surface area (Å²) in [6.45, 7) is 8.41. The molecule has 0 atom stereocenters. The zero-order valence-electron chi connectivity index (χ0n) is 26.2. The molecule has 2 heterocycles. The van der Waals surface area contributed by atoms with Crippen LogP contribution in [0.2, 0.25) is 0 Å². The van der Waals surface area contributed by atoms with Crippen LogP contribution in [0.25, 0.3) is 32.3 Å². The summed E-state index contributed by atoms with van der Waals surface area (Å²) in [5, 5.41) is 7.33. The maximum absolute atomic E-state index is 4.90. The molecule has 220 valence electrons. The Morgan fingerprint density at radius 1 is 0.644 bits per heavy atom. The SMILES string of the molecule is C/C=C\C=C(/CC)N(c1ccc(C)cn1)c1ccc2ccc3c(N(c4ccccc4)c4ccc(C)cn4)ccc4ccc1c2c43. The fourth-order valence-corrected chi connectivity index (χ4v) is 6.30. The van der Waals surface area contributed by atoms with Crippen LogP contribution in [0.3, 0.4) is 0 Å². The van der Waals surface area contributed by atoms with Gasteiger partial charge in [-0.25, -0.2) is 9.97 Å². The van der Waals surface area contributed by atoms with Crippen molar-refractivity contribution >= 4 is 61.0 Å². The summed E-state index contributed by atoms with van der Waals surface area (Å²) in [6.07, 6.45) is 11.1. The Bertz CT molecular complexity index is 2160. The van der Waals surface area contributed by atoms with Gasteiger partial charge in [-0.1, -0.05) is 85.8 Å². The lowest BCUT2D eigenvalue weighted by Gasteiger charge is -2.29. The van der Waals surface area contributed by atoms with Crippen LogP contribution >= 0.6 is 0 Å². The van der Waals surface area contributed by atoms with Gasteiger partial charge in [0.15, 0.2) is 0 Å². The molecule has 0 spiro atoms. The number of aromatic nitrogens is 2. The van der Waals surface area contributed by atoms with E-state index >= 15 is 0 Å². The summed E-state index contributed by atoms with van der Waals surface area (Å²) < 4.78 is 0. The van der Waals surface area contributed by atoms with Crippen LogP contribution in [-0.2, 0) is 0 Å². The largest absolute Gasteiger partial charge is 0.298 e. The van der Waals surface area contributed by atoms with E-state index < -0.39 is 0 Å². The third kappa shape index (κ3) is 5.08. The van der Waals surface area contributed by atoms with Crippen molar-refractivity contribution < 1.29 is 0 Å². The highest BCUT2D eigenvalue weighted by atomic mass is 15.2. The smallest absolute Gasteiger partial charge is 0.137 e. The van der Waals surface area contributed by atoms with Gasteiger partial charge in [0, 0.05) is 34.6 Å². The van der Waals surface area contributed by atoms with Crippen LogP contribution in [-0.4, -0.2) is 9.97 Å². The highest BCUT2D eigenvalue weighted by Gasteiger charge is 2.22. The molecular formula is C41H36N4. The van der Waals surface area contributed by atoms with E-state index in [1.54, 1.807) is 0 Å². The molecule has 0 fully saturated rings. The molecule has 4 heteroatoms. The van der Waals surface area contributed by atoms with E-state index in [9.17, 15) is 0 Å². The predicted octanol–water partition coefficient (Wildman–Crippen LogP) is 11.5. The lowest BCUT2D eigenvalue weighted by atomic mass is 9.92. The van der Waals surface area contributed by atoms with Gasteiger partial charge in [-0.05, 0) is 102 Å². The van der Waals surface area contributed by atoms with Gasteiger partial charge < -0.3 is 0 Å². The molecule has 45 heavy (non-hydrogen) atoms. The Kier molecular flexibility index (Phi) is 7.48. The number of hydrogen-bond acceptors (Lipinski definition) is 4. The Balaban J connectivity index is 1.51. The first kappa shape index (κ1) is 28.3.